The Bertz CT molecular complexity index is 1310. The molecular formula is C26H18S6. The van der Waals surface area contributed by atoms with Crippen molar-refractivity contribution in [3.63, 3.8) is 0 Å². The van der Waals surface area contributed by atoms with Gasteiger partial charge in [0, 0.05) is 48.8 Å². The zero-order chi connectivity index (χ0) is 21.3. The number of thiophene rings is 6. The molecule has 0 aliphatic rings. The second-order valence-corrected chi connectivity index (χ2v) is 13.7. The third-order valence-corrected chi connectivity index (χ3v) is 12.2. The quantitative estimate of drug-likeness (QED) is 0.196. The predicted molar refractivity (Wildman–Crippen MR) is 149 cm³/mol. The summed E-state index contributed by atoms with van der Waals surface area (Å²) in [5.41, 5.74) is 0. The molecule has 6 aromatic heterocycles. The number of hydrogen-bond donors (Lipinski definition) is 0. The fourth-order valence-corrected chi connectivity index (χ4v) is 9.46. The smallest absolute Gasteiger partial charge is 0.0449 e. The third-order valence-electron chi connectivity index (χ3n) is 5.17. The van der Waals surface area contributed by atoms with Crippen LogP contribution in [0.25, 0.3) is 39.0 Å². The van der Waals surface area contributed by atoms with Crippen molar-refractivity contribution in [2.24, 2.45) is 0 Å². The Morgan fingerprint density at radius 2 is 0.750 bits per heavy atom. The summed E-state index contributed by atoms with van der Waals surface area (Å²) in [6.45, 7) is 0. The van der Waals surface area contributed by atoms with E-state index in [-0.39, 0.29) is 0 Å². The molecule has 0 aliphatic carbocycles. The predicted octanol–water partition coefficient (Wildman–Crippen LogP) is 10.5. The summed E-state index contributed by atoms with van der Waals surface area (Å²) in [5.74, 6) is 0. The van der Waals surface area contributed by atoms with Gasteiger partial charge in [-0.15, -0.1) is 68.0 Å². The number of hydrogen-bond acceptors (Lipinski definition) is 6. The van der Waals surface area contributed by atoms with Crippen LogP contribution in [0.4, 0.5) is 0 Å². The molecule has 32 heavy (non-hydrogen) atoms. The van der Waals surface area contributed by atoms with Gasteiger partial charge in [0.1, 0.15) is 0 Å². The van der Waals surface area contributed by atoms with Gasteiger partial charge >= 0.3 is 0 Å². The van der Waals surface area contributed by atoms with Gasteiger partial charge in [0.15, 0.2) is 0 Å². The SMILES string of the molecule is c1csc(-c2ccc(-c3ccc(CCc4ccc(-c5ccc(-c6cccs6)s5)s4)s3)s2)c1. The van der Waals surface area contributed by atoms with Crippen LogP contribution >= 0.6 is 68.0 Å². The highest BCUT2D eigenvalue weighted by Crippen LogP contribution is 2.41. The first kappa shape index (κ1) is 20.8. The van der Waals surface area contributed by atoms with Crippen molar-refractivity contribution in [2.75, 3.05) is 0 Å². The fourth-order valence-electron chi connectivity index (χ4n) is 3.58. The standard InChI is InChI=1S/C26H18S6/c1-3-19(27-15-1)21-11-13-25(31-21)23-9-7-17(29-23)5-6-18-8-10-24(30-18)26-14-12-22(32-26)20-4-2-16-28-20/h1-4,7-16H,5-6H2. The maximum atomic E-state index is 2.31. The van der Waals surface area contributed by atoms with Crippen molar-refractivity contribution in [3.05, 3.63) is 93.3 Å². The van der Waals surface area contributed by atoms with Crippen molar-refractivity contribution in [3.8, 4) is 39.0 Å². The Morgan fingerprint density at radius 3 is 1.16 bits per heavy atom. The lowest BCUT2D eigenvalue weighted by atomic mass is 10.2. The Kier molecular flexibility index (Phi) is 5.98. The molecule has 0 N–H and O–H groups in total. The Morgan fingerprint density at radius 1 is 0.375 bits per heavy atom. The minimum Gasteiger partial charge on any atom is -0.143 e. The molecule has 0 saturated carbocycles. The van der Waals surface area contributed by atoms with Crippen LogP contribution < -0.4 is 0 Å². The van der Waals surface area contributed by atoms with Crippen LogP contribution in [-0.2, 0) is 12.8 Å². The van der Waals surface area contributed by atoms with Gasteiger partial charge in [-0.05, 0) is 84.3 Å². The summed E-state index contributed by atoms with van der Waals surface area (Å²) in [6.07, 6.45) is 2.22. The van der Waals surface area contributed by atoms with E-state index in [4.69, 9.17) is 0 Å². The Labute approximate surface area is 211 Å². The molecule has 0 nitrogen and oxygen atoms in total. The molecule has 0 fully saturated rings. The highest BCUT2D eigenvalue weighted by molar-refractivity contribution is 7.27. The summed E-state index contributed by atoms with van der Waals surface area (Å²) in [6, 6.07) is 26.9. The minimum atomic E-state index is 1.11. The average molecular weight is 523 g/mol. The van der Waals surface area contributed by atoms with E-state index in [1.54, 1.807) is 0 Å². The first-order valence-electron chi connectivity index (χ1n) is 10.3. The van der Waals surface area contributed by atoms with E-state index in [0.717, 1.165) is 12.8 Å². The average Bonchev–Trinajstić information content (AvgIpc) is 3.66. The van der Waals surface area contributed by atoms with Gasteiger partial charge in [0.2, 0.25) is 0 Å². The number of rotatable bonds is 7. The van der Waals surface area contributed by atoms with E-state index in [1.807, 2.05) is 68.0 Å². The summed E-state index contributed by atoms with van der Waals surface area (Å²) in [4.78, 5) is 13.9. The molecule has 0 saturated heterocycles. The molecule has 6 rings (SSSR count). The van der Waals surface area contributed by atoms with Crippen molar-refractivity contribution in [1.82, 2.24) is 0 Å². The zero-order valence-corrected chi connectivity index (χ0v) is 21.8. The maximum Gasteiger partial charge on any atom is 0.0449 e. The van der Waals surface area contributed by atoms with E-state index in [1.165, 1.54) is 48.8 Å². The topological polar surface area (TPSA) is 0 Å². The first-order chi connectivity index (χ1) is 15.8. The van der Waals surface area contributed by atoms with Crippen molar-refractivity contribution in [2.45, 2.75) is 12.8 Å². The van der Waals surface area contributed by atoms with Crippen LogP contribution in [0.15, 0.2) is 83.6 Å². The van der Waals surface area contributed by atoms with Gasteiger partial charge in [-0.2, -0.15) is 0 Å². The lowest BCUT2D eigenvalue weighted by Gasteiger charge is -1.96. The summed E-state index contributed by atoms with van der Waals surface area (Å²) in [7, 11) is 0. The summed E-state index contributed by atoms with van der Waals surface area (Å²) < 4.78 is 0. The maximum absolute atomic E-state index is 2.31. The van der Waals surface area contributed by atoms with Crippen LogP contribution in [-0.4, -0.2) is 0 Å². The molecule has 6 aromatic rings. The Balaban J connectivity index is 1.11. The Hall–Kier alpha value is -1.80. The molecule has 0 amide bonds. The van der Waals surface area contributed by atoms with Gasteiger partial charge < -0.3 is 0 Å². The van der Waals surface area contributed by atoms with E-state index in [9.17, 15) is 0 Å². The normalized spacial score (nSPS) is 11.4. The zero-order valence-electron chi connectivity index (χ0n) is 16.9. The molecule has 0 radical (unpaired) electrons. The fraction of sp³-hybridized carbons (Fsp3) is 0.0769. The van der Waals surface area contributed by atoms with Gasteiger partial charge in [-0.3, -0.25) is 0 Å². The van der Waals surface area contributed by atoms with Gasteiger partial charge in [0.05, 0.1) is 0 Å². The van der Waals surface area contributed by atoms with Crippen molar-refractivity contribution < 1.29 is 0 Å². The highest BCUT2D eigenvalue weighted by Gasteiger charge is 2.11. The molecule has 6 heterocycles. The van der Waals surface area contributed by atoms with Crippen molar-refractivity contribution in [1.29, 1.82) is 0 Å². The summed E-state index contributed by atoms with van der Waals surface area (Å²) in [5, 5.41) is 4.30. The second-order valence-electron chi connectivity index (χ2n) is 7.31. The lowest BCUT2D eigenvalue weighted by molar-refractivity contribution is 1.00. The van der Waals surface area contributed by atoms with Crippen LogP contribution in [0.1, 0.15) is 9.75 Å². The largest absolute Gasteiger partial charge is 0.143 e. The van der Waals surface area contributed by atoms with Gasteiger partial charge in [-0.1, -0.05) is 12.1 Å². The van der Waals surface area contributed by atoms with E-state index >= 15 is 0 Å². The van der Waals surface area contributed by atoms with E-state index < -0.39 is 0 Å². The summed E-state index contributed by atoms with van der Waals surface area (Å²) >= 11 is 11.3. The second kappa shape index (κ2) is 9.21. The van der Waals surface area contributed by atoms with Gasteiger partial charge in [0.25, 0.3) is 0 Å². The number of aryl methyl sites for hydroxylation is 2. The first-order valence-corrected chi connectivity index (χ1v) is 15.3. The molecule has 6 heteroatoms. The minimum absolute atomic E-state index is 1.11. The van der Waals surface area contributed by atoms with Crippen LogP contribution in [0.3, 0.4) is 0 Å². The highest BCUT2D eigenvalue weighted by atomic mass is 32.1. The molecule has 158 valence electrons. The van der Waals surface area contributed by atoms with Crippen molar-refractivity contribution >= 4 is 68.0 Å². The van der Waals surface area contributed by atoms with Crippen LogP contribution in [0, 0.1) is 0 Å². The molecule has 0 atom stereocenters. The van der Waals surface area contributed by atoms with Crippen LogP contribution in [0.5, 0.6) is 0 Å². The monoisotopic (exact) mass is 522 g/mol. The lowest BCUT2D eigenvalue weighted by Crippen LogP contribution is -1.83. The molecule has 0 bridgehead atoms. The molecular weight excluding hydrogens is 505 g/mol. The third kappa shape index (κ3) is 4.36. The molecule has 0 unspecified atom stereocenters. The molecule has 0 aliphatic heterocycles. The van der Waals surface area contributed by atoms with Crippen LogP contribution in [0.2, 0.25) is 0 Å². The molecule has 0 spiro atoms. The van der Waals surface area contributed by atoms with E-state index in [0.29, 0.717) is 0 Å². The molecule has 0 aromatic carbocycles. The van der Waals surface area contributed by atoms with E-state index in [2.05, 4.69) is 83.6 Å². The van der Waals surface area contributed by atoms with Gasteiger partial charge in [-0.25, -0.2) is 0 Å².